The number of amides is 1. The molecule has 1 heterocycles. The van der Waals surface area contributed by atoms with Crippen molar-refractivity contribution in [3.05, 3.63) is 66.2 Å². The molecule has 2 aromatic carbocycles. The van der Waals surface area contributed by atoms with E-state index in [-0.39, 0.29) is 11.9 Å². The maximum absolute atomic E-state index is 12.9. The average molecular weight is 294 g/mol. The molecular weight excluding hydrogens is 272 g/mol. The molecule has 0 bridgehead atoms. The summed E-state index contributed by atoms with van der Waals surface area (Å²) in [6, 6.07) is 20.3. The van der Waals surface area contributed by atoms with Gasteiger partial charge in [0, 0.05) is 12.2 Å². The zero-order chi connectivity index (χ0) is 15.4. The van der Waals surface area contributed by atoms with Crippen LogP contribution < -0.4 is 4.90 Å². The summed E-state index contributed by atoms with van der Waals surface area (Å²) in [6.45, 7) is 1.99. The number of likely N-dealkylation sites (N-methyl/N-ethyl adjacent to an activating group) is 1. The van der Waals surface area contributed by atoms with Gasteiger partial charge in [0.05, 0.1) is 12.5 Å². The third-order valence-corrected chi connectivity index (χ3v) is 4.23. The van der Waals surface area contributed by atoms with Gasteiger partial charge in [-0.3, -0.25) is 4.79 Å². The third kappa shape index (κ3) is 3.37. The molecule has 0 aliphatic carbocycles. The Morgan fingerprint density at radius 1 is 1.09 bits per heavy atom. The number of para-hydroxylation sites is 1. The number of benzene rings is 2. The molecule has 0 radical (unpaired) electrons. The molecule has 0 spiro atoms. The van der Waals surface area contributed by atoms with Gasteiger partial charge in [-0.15, -0.1) is 0 Å². The van der Waals surface area contributed by atoms with Crippen LogP contribution in [0.5, 0.6) is 0 Å². The Kier molecular flexibility index (Phi) is 4.54. The van der Waals surface area contributed by atoms with Crippen LogP contribution in [0.3, 0.4) is 0 Å². The van der Waals surface area contributed by atoms with Crippen LogP contribution in [-0.2, 0) is 11.2 Å². The van der Waals surface area contributed by atoms with Crippen LogP contribution >= 0.6 is 0 Å². The molecule has 3 nitrogen and oxygen atoms in total. The molecule has 0 unspecified atom stereocenters. The first-order valence-corrected chi connectivity index (χ1v) is 7.83. The van der Waals surface area contributed by atoms with Crippen molar-refractivity contribution in [3.63, 3.8) is 0 Å². The highest BCUT2D eigenvalue weighted by atomic mass is 16.2. The Morgan fingerprint density at radius 3 is 2.32 bits per heavy atom. The van der Waals surface area contributed by atoms with E-state index < -0.39 is 0 Å². The second-order valence-corrected chi connectivity index (χ2v) is 5.97. The molecule has 1 atom stereocenters. The zero-order valence-corrected chi connectivity index (χ0v) is 13.0. The second kappa shape index (κ2) is 6.75. The maximum Gasteiger partial charge on any atom is 0.231 e. The number of anilines is 1. The molecule has 0 saturated carbocycles. The van der Waals surface area contributed by atoms with Crippen LogP contribution in [0, 0.1) is 0 Å². The van der Waals surface area contributed by atoms with Gasteiger partial charge in [-0.1, -0.05) is 48.5 Å². The van der Waals surface area contributed by atoms with Gasteiger partial charge in [0.15, 0.2) is 0 Å². The molecule has 1 amide bonds. The predicted octanol–water partition coefficient (Wildman–Crippen LogP) is 2.97. The Labute approximate surface area is 132 Å². The van der Waals surface area contributed by atoms with Gasteiger partial charge >= 0.3 is 0 Å². The molecular formula is C19H22N2O. The molecule has 1 saturated heterocycles. The fraction of sp³-hybridized carbons (Fsp3) is 0.316. The number of carbonyl (C=O) groups is 1. The van der Waals surface area contributed by atoms with Gasteiger partial charge in [0.1, 0.15) is 0 Å². The Hall–Kier alpha value is -2.13. The van der Waals surface area contributed by atoms with Crippen LogP contribution in [0.4, 0.5) is 5.69 Å². The molecule has 0 N–H and O–H groups in total. The summed E-state index contributed by atoms with van der Waals surface area (Å²) in [5, 5.41) is 0. The molecule has 1 aliphatic rings. The first kappa shape index (κ1) is 14.8. The van der Waals surface area contributed by atoms with Crippen molar-refractivity contribution in [2.24, 2.45) is 0 Å². The average Bonchev–Trinajstić information content (AvgIpc) is 2.95. The van der Waals surface area contributed by atoms with E-state index in [1.807, 2.05) is 65.6 Å². The predicted molar refractivity (Wildman–Crippen MR) is 90.0 cm³/mol. The Morgan fingerprint density at radius 2 is 1.73 bits per heavy atom. The number of likely N-dealkylation sites (tertiary alicyclic amines) is 1. The smallest absolute Gasteiger partial charge is 0.231 e. The van der Waals surface area contributed by atoms with Crippen molar-refractivity contribution in [1.82, 2.24) is 4.90 Å². The topological polar surface area (TPSA) is 23.6 Å². The lowest BCUT2D eigenvalue weighted by Gasteiger charge is -2.29. The lowest BCUT2D eigenvalue weighted by Crippen LogP contribution is -2.42. The number of rotatable bonds is 4. The van der Waals surface area contributed by atoms with Crippen molar-refractivity contribution in [2.45, 2.75) is 18.9 Å². The van der Waals surface area contributed by atoms with E-state index in [0.717, 1.165) is 30.8 Å². The van der Waals surface area contributed by atoms with Crippen molar-refractivity contribution < 1.29 is 4.79 Å². The second-order valence-electron chi connectivity index (χ2n) is 5.97. The van der Waals surface area contributed by atoms with Crippen molar-refractivity contribution in [1.29, 1.82) is 0 Å². The number of carbonyl (C=O) groups excluding carboxylic acids is 1. The summed E-state index contributed by atoms with van der Waals surface area (Å²) in [6.07, 6.45) is 1.49. The molecule has 22 heavy (non-hydrogen) atoms. The molecule has 1 fully saturated rings. The molecule has 3 rings (SSSR count). The summed E-state index contributed by atoms with van der Waals surface area (Å²) in [5.74, 6) is 0.178. The van der Waals surface area contributed by atoms with Crippen LogP contribution in [0.2, 0.25) is 0 Å². The van der Waals surface area contributed by atoms with E-state index >= 15 is 0 Å². The highest BCUT2D eigenvalue weighted by molar-refractivity contribution is 5.95. The van der Waals surface area contributed by atoms with E-state index in [1.165, 1.54) is 0 Å². The minimum Gasteiger partial charge on any atom is -0.308 e. The first-order chi connectivity index (χ1) is 10.7. The van der Waals surface area contributed by atoms with Crippen molar-refractivity contribution >= 4 is 11.6 Å². The number of hydrogen-bond donors (Lipinski definition) is 0. The van der Waals surface area contributed by atoms with Crippen LogP contribution in [0.1, 0.15) is 12.0 Å². The minimum atomic E-state index is 0.178. The molecule has 3 heteroatoms. The van der Waals surface area contributed by atoms with Gasteiger partial charge in [-0.25, -0.2) is 0 Å². The number of hydrogen-bond acceptors (Lipinski definition) is 2. The van der Waals surface area contributed by atoms with Gasteiger partial charge in [0.25, 0.3) is 0 Å². The monoisotopic (exact) mass is 294 g/mol. The standard InChI is InChI=1S/C19H22N2O/c1-20-13-12-18(15-20)21(17-10-6-3-7-11-17)19(22)14-16-8-4-2-5-9-16/h2-11,18H,12-15H2,1H3/t18-/m0/s1. The minimum absolute atomic E-state index is 0.178. The largest absolute Gasteiger partial charge is 0.308 e. The summed E-state index contributed by atoms with van der Waals surface area (Å²) in [7, 11) is 2.12. The molecule has 1 aliphatic heterocycles. The van der Waals surface area contributed by atoms with Crippen molar-refractivity contribution in [2.75, 3.05) is 25.0 Å². The quantitative estimate of drug-likeness (QED) is 0.865. The highest BCUT2D eigenvalue weighted by Crippen LogP contribution is 2.23. The third-order valence-electron chi connectivity index (χ3n) is 4.23. The molecule has 0 aromatic heterocycles. The Bertz CT molecular complexity index is 612. The van der Waals surface area contributed by atoms with Crippen molar-refractivity contribution in [3.8, 4) is 0 Å². The van der Waals surface area contributed by atoms with Gasteiger partial charge in [-0.05, 0) is 37.7 Å². The first-order valence-electron chi connectivity index (χ1n) is 7.83. The Balaban J connectivity index is 1.83. The lowest BCUT2D eigenvalue weighted by molar-refractivity contribution is -0.118. The van der Waals surface area contributed by atoms with E-state index in [0.29, 0.717) is 6.42 Å². The van der Waals surface area contributed by atoms with Gasteiger partial charge in [0.2, 0.25) is 5.91 Å². The fourth-order valence-electron chi connectivity index (χ4n) is 3.13. The SMILES string of the molecule is CN1CC[C@H](N(C(=O)Cc2ccccc2)c2ccccc2)C1. The molecule has 114 valence electrons. The zero-order valence-electron chi connectivity index (χ0n) is 13.0. The maximum atomic E-state index is 12.9. The fourth-order valence-corrected chi connectivity index (χ4v) is 3.13. The van der Waals surface area contributed by atoms with Gasteiger partial charge in [-0.2, -0.15) is 0 Å². The molecule has 2 aromatic rings. The summed E-state index contributed by atoms with van der Waals surface area (Å²) < 4.78 is 0. The van der Waals surface area contributed by atoms with Gasteiger partial charge < -0.3 is 9.80 Å². The van der Waals surface area contributed by atoms with E-state index in [9.17, 15) is 4.79 Å². The van der Waals surface area contributed by atoms with E-state index in [1.54, 1.807) is 0 Å². The summed E-state index contributed by atoms with van der Waals surface area (Å²) in [5.41, 5.74) is 2.07. The van der Waals surface area contributed by atoms with Crippen LogP contribution in [-0.4, -0.2) is 37.0 Å². The number of nitrogens with zero attached hydrogens (tertiary/aromatic N) is 2. The normalized spacial score (nSPS) is 18.3. The lowest BCUT2D eigenvalue weighted by atomic mass is 10.1. The van der Waals surface area contributed by atoms with Crippen LogP contribution in [0.15, 0.2) is 60.7 Å². The van der Waals surface area contributed by atoms with Crippen LogP contribution in [0.25, 0.3) is 0 Å². The van der Waals surface area contributed by atoms with E-state index in [2.05, 4.69) is 11.9 Å². The summed E-state index contributed by atoms with van der Waals surface area (Å²) in [4.78, 5) is 17.2. The van der Waals surface area contributed by atoms with E-state index in [4.69, 9.17) is 0 Å². The highest BCUT2D eigenvalue weighted by Gasteiger charge is 2.30. The summed E-state index contributed by atoms with van der Waals surface area (Å²) >= 11 is 0.